The highest BCUT2D eigenvalue weighted by molar-refractivity contribution is 6.25. The second kappa shape index (κ2) is 14.3. The van der Waals surface area contributed by atoms with Crippen molar-refractivity contribution in [1.82, 2.24) is 15.0 Å². The summed E-state index contributed by atoms with van der Waals surface area (Å²) in [6.45, 7) is 0. The highest BCUT2D eigenvalue weighted by Gasteiger charge is 2.19. The van der Waals surface area contributed by atoms with Crippen LogP contribution in [0.4, 0.5) is 0 Å². The van der Waals surface area contributed by atoms with Gasteiger partial charge in [-0.2, -0.15) is 0 Å². The molecule has 10 aromatic carbocycles. The minimum atomic E-state index is 0.635. The SMILES string of the molecule is c1ccc(-c2nc(-c3ccccc3)nc(-c3ccc(-c4cccc5[oH+]c6ccc(-c7ccc(-c8ccc9c%10ccccc%10c%10ccccc%10c9c8)cc7)cc6c45)cc3)n2)cc1. The first-order chi connectivity index (χ1) is 30.2. The summed E-state index contributed by atoms with van der Waals surface area (Å²) in [5.74, 6) is 1.93. The number of aromatic nitrogens is 3. The maximum Gasteiger partial charge on any atom is 0.269 e. The first-order valence-electron chi connectivity index (χ1n) is 20.6. The first kappa shape index (κ1) is 34.8. The summed E-state index contributed by atoms with van der Waals surface area (Å²) in [7, 11) is 0. The van der Waals surface area contributed by atoms with Crippen LogP contribution >= 0.6 is 0 Å². The molecule has 284 valence electrons. The molecule has 61 heavy (non-hydrogen) atoms. The lowest BCUT2D eigenvalue weighted by Crippen LogP contribution is -2.00. The van der Waals surface area contributed by atoms with Crippen LogP contribution in [0.3, 0.4) is 0 Å². The van der Waals surface area contributed by atoms with E-state index in [1.165, 1.54) is 49.0 Å². The molecule has 0 unspecified atom stereocenters. The van der Waals surface area contributed by atoms with Crippen molar-refractivity contribution in [3.05, 3.63) is 212 Å². The van der Waals surface area contributed by atoms with E-state index in [2.05, 4.69) is 152 Å². The third kappa shape index (κ3) is 6.04. The average molecular weight is 779 g/mol. The minimum Gasteiger partial charge on any atom is -0.545 e. The van der Waals surface area contributed by atoms with Crippen molar-refractivity contribution in [2.75, 3.05) is 0 Å². The molecule has 0 saturated heterocycles. The molecule has 0 aliphatic rings. The quantitative estimate of drug-likeness (QED) is 0.125. The fraction of sp³-hybridized carbons (Fsp3) is 0. The Morgan fingerprint density at radius 3 is 1.21 bits per heavy atom. The van der Waals surface area contributed by atoms with Gasteiger partial charge in [-0.15, -0.1) is 0 Å². The number of benzene rings is 10. The van der Waals surface area contributed by atoms with Gasteiger partial charge in [-0.3, -0.25) is 0 Å². The molecule has 2 aromatic heterocycles. The van der Waals surface area contributed by atoms with E-state index >= 15 is 0 Å². The lowest BCUT2D eigenvalue weighted by Gasteiger charge is -2.12. The van der Waals surface area contributed by atoms with Crippen LogP contribution < -0.4 is 0 Å². The number of hydrogen-bond acceptors (Lipinski definition) is 3. The van der Waals surface area contributed by atoms with Crippen molar-refractivity contribution in [1.29, 1.82) is 0 Å². The smallest absolute Gasteiger partial charge is 0.269 e. The molecule has 0 aliphatic carbocycles. The van der Waals surface area contributed by atoms with Gasteiger partial charge in [-0.25, -0.2) is 15.0 Å². The van der Waals surface area contributed by atoms with E-state index < -0.39 is 0 Å². The Labute approximate surface area is 352 Å². The molecule has 0 saturated carbocycles. The highest BCUT2D eigenvalue weighted by Crippen LogP contribution is 2.41. The topological polar surface area (TPSA) is 51.5 Å². The van der Waals surface area contributed by atoms with Crippen LogP contribution in [-0.2, 0) is 0 Å². The predicted octanol–water partition coefficient (Wildman–Crippen LogP) is 15.3. The van der Waals surface area contributed by atoms with Gasteiger partial charge in [0.15, 0.2) is 17.5 Å². The Morgan fingerprint density at radius 1 is 0.246 bits per heavy atom. The molecule has 0 bridgehead atoms. The van der Waals surface area contributed by atoms with Crippen molar-refractivity contribution in [3.8, 4) is 67.5 Å². The average Bonchev–Trinajstić information content (AvgIpc) is 3.73. The second-order valence-electron chi connectivity index (χ2n) is 15.6. The van der Waals surface area contributed by atoms with Gasteiger partial charge in [-0.05, 0) is 83.9 Å². The van der Waals surface area contributed by atoms with E-state index in [-0.39, 0.29) is 0 Å². The molecular weight excluding hydrogens is 743 g/mol. The molecule has 4 heteroatoms. The standard InChI is InChI=1S/C57H35N3O/c1-3-12-39(13-4-1)55-58-56(40-14-5-2-6-15-40)60-57(59-55)41-28-26-38(27-29-41)44-20-11-21-53-54(44)51-35-43(31-33-52(51)61-53)37-24-22-36(23-25-37)42-30-32-49-47-18-8-7-16-45(47)46-17-9-10-19-48(46)50(49)34-42/h1-35H/p+1. The summed E-state index contributed by atoms with van der Waals surface area (Å²) in [5.41, 5.74) is 11.8. The van der Waals surface area contributed by atoms with Gasteiger partial charge in [0, 0.05) is 28.8 Å². The first-order valence-corrected chi connectivity index (χ1v) is 20.6. The molecule has 0 radical (unpaired) electrons. The van der Waals surface area contributed by atoms with Crippen LogP contribution in [0.15, 0.2) is 217 Å². The summed E-state index contributed by atoms with van der Waals surface area (Å²) in [6.07, 6.45) is 0. The number of furan rings is 1. The van der Waals surface area contributed by atoms with E-state index in [1.807, 2.05) is 60.7 Å². The third-order valence-electron chi connectivity index (χ3n) is 12.0. The van der Waals surface area contributed by atoms with Gasteiger partial charge < -0.3 is 4.42 Å². The molecule has 0 amide bonds. The van der Waals surface area contributed by atoms with Crippen LogP contribution in [-0.4, -0.2) is 15.0 Å². The van der Waals surface area contributed by atoms with Crippen molar-refractivity contribution < 1.29 is 4.42 Å². The summed E-state index contributed by atoms with van der Waals surface area (Å²) < 4.78 is 5.07. The monoisotopic (exact) mass is 778 g/mol. The lowest BCUT2D eigenvalue weighted by atomic mass is 9.91. The molecule has 1 N–H and O–H groups in total. The summed E-state index contributed by atoms with van der Waals surface area (Å²) in [6, 6.07) is 75.1. The molecular formula is C57H36N3O+. The minimum absolute atomic E-state index is 0.635. The normalized spacial score (nSPS) is 11.6. The fourth-order valence-electron chi connectivity index (χ4n) is 8.98. The van der Waals surface area contributed by atoms with Crippen LogP contribution in [0.1, 0.15) is 0 Å². The predicted molar refractivity (Wildman–Crippen MR) is 253 cm³/mol. The van der Waals surface area contributed by atoms with Gasteiger partial charge in [0.05, 0.1) is 10.8 Å². The molecule has 12 rings (SSSR count). The van der Waals surface area contributed by atoms with Crippen LogP contribution in [0.2, 0.25) is 0 Å². The number of nitrogens with zero attached hydrogens (tertiary/aromatic N) is 3. The summed E-state index contributed by atoms with van der Waals surface area (Å²) in [5, 5.41) is 10.0. The van der Waals surface area contributed by atoms with Crippen LogP contribution in [0, 0.1) is 0 Å². The largest absolute Gasteiger partial charge is 0.545 e. The maximum atomic E-state index is 5.07. The van der Waals surface area contributed by atoms with Crippen molar-refractivity contribution >= 4 is 54.3 Å². The molecule has 2 heterocycles. The van der Waals surface area contributed by atoms with Crippen LogP contribution in [0.5, 0.6) is 0 Å². The molecule has 0 atom stereocenters. The lowest BCUT2D eigenvalue weighted by molar-refractivity contribution is 0.669. The molecule has 4 nitrogen and oxygen atoms in total. The van der Waals surface area contributed by atoms with Gasteiger partial charge in [-0.1, -0.05) is 182 Å². The zero-order chi connectivity index (χ0) is 40.3. The van der Waals surface area contributed by atoms with Gasteiger partial charge in [0.2, 0.25) is 0 Å². The molecule has 12 aromatic rings. The second-order valence-corrected chi connectivity index (χ2v) is 15.6. The summed E-state index contributed by atoms with van der Waals surface area (Å²) >= 11 is 0. The molecule has 0 fully saturated rings. The van der Waals surface area contributed by atoms with E-state index in [0.29, 0.717) is 17.5 Å². The van der Waals surface area contributed by atoms with E-state index in [0.717, 1.165) is 55.3 Å². The van der Waals surface area contributed by atoms with Crippen molar-refractivity contribution in [2.45, 2.75) is 0 Å². The maximum absolute atomic E-state index is 5.07. The Hall–Kier alpha value is -8.21. The number of fused-ring (bicyclic) bond motifs is 9. The molecule has 0 aliphatic heterocycles. The number of rotatable bonds is 6. The summed E-state index contributed by atoms with van der Waals surface area (Å²) in [4.78, 5) is 14.8. The van der Waals surface area contributed by atoms with Crippen molar-refractivity contribution in [3.63, 3.8) is 0 Å². The number of hydrogen-bond donors (Lipinski definition) is 0. The Kier molecular flexibility index (Phi) is 8.13. The van der Waals surface area contributed by atoms with Crippen LogP contribution in [0.25, 0.3) is 122 Å². The zero-order valence-electron chi connectivity index (χ0n) is 33.0. The third-order valence-corrected chi connectivity index (χ3v) is 12.0. The van der Waals surface area contributed by atoms with Gasteiger partial charge >= 0.3 is 0 Å². The van der Waals surface area contributed by atoms with Crippen molar-refractivity contribution in [2.24, 2.45) is 0 Å². The Balaban J connectivity index is 0.892. The van der Waals surface area contributed by atoms with Gasteiger partial charge in [0.25, 0.3) is 11.2 Å². The highest BCUT2D eigenvalue weighted by atomic mass is 16.3. The Morgan fingerprint density at radius 2 is 0.656 bits per heavy atom. The fourth-order valence-corrected chi connectivity index (χ4v) is 8.98. The van der Waals surface area contributed by atoms with E-state index in [1.54, 1.807) is 0 Å². The molecule has 0 spiro atoms. The zero-order valence-corrected chi connectivity index (χ0v) is 33.0. The van der Waals surface area contributed by atoms with E-state index in [9.17, 15) is 0 Å². The van der Waals surface area contributed by atoms with Gasteiger partial charge in [0.1, 0.15) is 0 Å². The Bertz CT molecular complexity index is 3520. The van der Waals surface area contributed by atoms with E-state index in [4.69, 9.17) is 19.4 Å².